The van der Waals surface area contributed by atoms with Crippen LogP contribution < -0.4 is 4.74 Å². The van der Waals surface area contributed by atoms with Gasteiger partial charge in [-0.2, -0.15) is 13.2 Å². The average molecular weight is 602 g/mol. The molecule has 0 bridgehead atoms. The topological polar surface area (TPSA) is 49.8 Å². The van der Waals surface area contributed by atoms with E-state index < -0.39 is 23.6 Å². The number of carbonyl (C=O) groups is 1. The number of aliphatic carboxylic acids is 1. The predicted molar refractivity (Wildman–Crippen MR) is 161 cm³/mol. The van der Waals surface area contributed by atoms with Crippen molar-refractivity contribution in [2.75, 3.05) is 26.2 Å². The van der Waals surface area contributed by atoms with Gasteiger partial charge in [0.1, 0.15) is 5.75 Å². The molecule has 2 aromatic carbocycles. The summed E-state index contributed by atoms with van der Waals surface area (Å²) in [4.78, 5) is 13.3. The summed E-state index contributed by atoms with van der Waals surface area (Å²) < 4.78 is 47.1. The quantitative estimate of drug-likeness (QED) is 0.185. The third kappa shape index (κ3) is 9.23. The highest BCUT2D eigenvalue weighted by atomic mass is 35.5. The van der Waals surface area contributed by atoms with E-state index in [0.29, 0.717) is 44.0 Å². The van der Waals surface area contributed by atoms with Gasteiger partial charge in [0.15, 0.2) is 0 Å². The summed E-state index contributed by atoms with van der Waals surface area (Å²) in [5, 5.41) is 8.95. The fraction of sp³-hybridized carbons (Fsp3) is 0.441. The maximum Gasteiger partial charge on any atom is 0.417 e. The molecule has 0 saturated heterocycles. The van der Waals surface area contributed by atoms with Gasteiger partial charge in [-0.1, -0.05) is 84.8 Å². The van der Waals surface area contributed by atoms with Gasteiger partial charge in [0.2, 0.25) is 0 Å². The Labute approximate surface area is 251 Å². The Bertz CT molecular complexity index is 1280. The summed E-state index contributed by atoms with van der Waals surface area (Å²) in [6.07, 6.45) is 5.70. The average Bonchev–Trinajstić information content (AvgIpc) is 3.45. The largest absolute Gasteiger partial charge is 0.494 e. The van der Waals surface area contributed by atoms with E-state index in [1.54, 1.807) is 30.3 Å². The SMILES string of the molecule is CC1C=CC(C(F)(F)F)=C(Cl)C1CN(CCCOc1cccc(CC(=O)O)c1)CC(C=C1CCCC1)c1ccccc1. The van der Waals surface area contributed by atoms with Crippen molar-refractivity contribution in [3.63, 3.8) is 0 Å². The van der Waals surface area contributed by atoms with Gasteiger partial charge in [0, 0.05) is 36.5 Å². The summed E-state index contributed by atoms with van der Waals surface area (Å²) in [7, 11) is 0. The number of hydrogen-bond donors (Lipinski definition) is 1. The first kappa shape index (κ1) is 31.9. The smallest absolute Gasteiger partial charge is 0.417 e. The zero-order valence-electron chi connectivity index (χ0n) is 24.0. The number of nitrogens with zero attached hydrogens (tertiary/aromatic N) is 1. The highest BCUT2D eigenvalue weighted by Crippen LogP contribution is 2.41. The number of carboxylic acid groups (broad SMARTS) is 1. The van der Waals surface area contributed by atoms with Crippen molar-refractivity contribution < 1.29 is 27.8 Å². The van der Waals surface area contributed by atoms with Crippen LogP contribution in [-0.2, 0) is 11.2 Å². The normalized spacial score (nSPS) is 19.8. The molecular weight excluding hydrogens is 563 g/mol. The molecule has 42 heavy (non-hydrogen) atoms. The molecule has 0 heterocycles. The molecule has 0 amide bonds. The van der Waals surface area contributed by atoms with Gasteiger partial charge in [0.25, 0.3) is 0 Å². The van der Waals surface area contributed by atoms with Crippen LogP contribution in [0.1, 0.15) is 56.1 Å². The number of hydrogen-bond acceptors (Lipinski definition) is 3. The zero-order chi connectivity index (χ0) is 30.1. The maximum atomic E-state index is 13.7. The zero-order valence-corrected chi connectivity index (χ0v) is 24.7. The summed E-state index contributed by atoms with van der Waals surface area (Å²) >= 11 is 6.46. The molecule has 1 fully saturated rings. The molecule has 2 aromatic rings. The second kappa shape index (κ2) is 14.9. The first-order valence-corrected chi connectivity index (χ1v) is 15.0. The van der Waals surface area contributed by atoms with E-state index in [1.807, 2.05) is 25.1 Å². The lowest BCUT2D eigenvalue weighted by molar-refractivity contribution is -0.136. The molecule has 1 saturated carbocycles. The predicted octanol–water partition coefficient (Wildman–Crippen LogP) is 8.55. The van der Waals surface area contributed by atoms with Crippen LogP contribution in [0.25, 0.3) is 0 Å². The van der Waals surface area contributed by atoms with Gasteiger partial charge in [-0.15, -0.1) is 0 Å². The molecule has 8 heteroatoms. The number of allylic oxidation sites excluding steroid dienone is 4. The van der Waals surface area contributed by atoms with Crippen molar-refractivity contribution in [2.24, 2.45) is 11.8 Å². The number of alkyl halides is 3. The lowest BCUT2D eigenvalue weighted by Gasteiger charge is -2.34. The Morgan fingerprint density at radius 1 is 1.14 bits per heavy atom. The highest BCUT2D eigenvalue weighted by molar-refractivity contribution is 6.30. The van der Waals surface area contributed by atoms with Gasteiger partial charge >= 0.3 is 12.1 Å². The molecule has 4 rings (SSSR count). The van der Waals surface area contributed by atoms with Crippen molar-refractivity contribution in [3.05, 3.63) is 100 Å². The van der Waals surface area contributed by atoms with Crippen LogP contribution in [0.3, 0.4) is 0 Å². The third-order valence-corrected chi connectivity index (χ3v) is 8.53. The minimum atomic E-state index is -4.50. The highest BCUT2D eigenvalue weighted by Gasteiger charge is 2.39. The van der Waals surface area contributed by atoms with E-state index in [1.165, 1.54) is 24.0 Å². The minimum absolute atomic E-state index is 0.0798. The van der Waals surface area contributed by atoms with E-state index in [9.17, 15) is 18.0 Å². The molecule has 3 atom stereocenters. The summed E-state index contributed by atoms with van der Waals surface area (Å²) in [6.45, 7) is 3.96. The molecule has 226 valence electrons. The molecule has 4 nitrogen and oxygen atoms in total. The molecule has 2 aliphatic rings. The van der Waals surface area contributed by atoms with Crippen molar-refractivity contribution in [2.45, 2.75) is 57.5 Å². The Balaban J connectivity index is 1.52. The van der Waals surface area contributed by atoms with Gasteiger partial charge in [-0.3, -0.25) is 4.79 Å². The third-order valence-electron chi connectivity index (χ3n) is 8.05. The monoisotopic (exact) mass is 601 g/mol. The van der Waals surface area contributed by atoms with Crippen molar-refractivity contribution >= 4 is 17.6 Å². The summed E-state index contributed by atoms with van der Waals surface area (Å²) in [5.74, 6) is -0.816. The number of carboxylic acids is 1. The van der Waals surface area contributed by atoms with E-state index in [2.05, 4.69) is 23.1 Å². The van der Waals surface area contributed by atoms with Crippen LogP contribution in [0, 0.1) is 11.8 Å². The second-order valence-corrected chi connectivity index (χ2v) is 11.7. The first-order chi connectivity index (χ1) is 20.1. The molecule has 1 N–H and O–H groups in total. The van der Waals surface area contributed by atoms with E-state index in [0.717, 1.165) is 18.9 Å². The van der Waals surface area contributed by atoms with Gasteiger partial charge < -0.3 is 14.7 Å². The fourth-order valence-corrected chi connectivity index (χ4v) is 6.25. The molecular formula is C34H39ClF3NO3. The Morgan fingerprint density at radius 3 is 2.57 bits per heavy atom. The van der Waals surface area contributed by atoms with Crippen molar-refractivity contribution in [3.8, 4) is 5.75 Å². The molecule has 0 radical (unpaired) electrons. The number of halogens is 4. The summed E-state index contributed by atoms with van der Waals surface area (Å²) in [6, 6.07) is 17.3. The fourth-order valence-electron chi connectivity index (χ4n) is 5.81. The number of rotatable bonds is 13. The van der Waals surface area contributed by atoms with Crippen LogP contribution in [0.2, 0.25) is 0 Å². The number of ether oxygens (including phenoxy) is 1. The molecule has 0 aromatic heterocycles. The van der Waals surface area contributed by atoms with Gasteiger partial charge in [-0.25, -0.2) is 0 Å². The van der Waals surface area contributed by atoms with Gasteiger partial charge in [-0.05, 0) is 61.3 Å². The summed E-state index contributed by atoms with van der Waals surface area (Å²) in [5.41, 5.74) is 2.53. The molecule has 2 aliphatic carbocycles. The molecule has 3 unspecified atom stereocenters. The Hall–Kier alpha value is -3.03. The van der Waals surface area contributed by atoms with Gasteiger partial charge in [0.05, 0.1) is 18.6 Å². The van der Waals surface area contributed by atoms with Crippen molar-refractivity contribution in [1.82, 2.24) is 4.90 Å². The van der Waals surface area contributed by atoms with Crippen LogP contribution >= 0.6 is 11.6 Å². The van der Waals surface area contributed by atoms with E-state index in [-0.39, 0.29) is 23.3 Å². The van der Waals surface area contributed by atoms with E-state index in [4.69, 9.17) is 21.4 Å². The Morgan fingerprint density at radius 2 is 1.88 bits per heavy atom. The standard InChI is InChI=1S/C34H39ClF3NO3/c1-24-15-16-31(34(36,37)38)33(35)30(24)23-39(17-8-18-42-29-14-7-11-26(20-29)21-32(40)41)22-28(19-25-9-5-6-10-25)27-12-3-2-4-13-27/h2-4,7,11-16,19-20,24,28,30H,5-6,8-10,17-18,21-23H2,1H3,(H,40,41). The second-order valence-electron chi connectivity index (χ2n) is 11.3. The molecule has 0 spiro atoms. The van der Waals surface area contributed by atoms with E-state index >= 15 is 0 Å². The van der Waals surface area contributed by atoms with Crippen LogP contribution in [0.15, 0.2) is 89.0 Å². The van der Waals surface area contributed by atoms with Crippen molar-refractivity contribution in [1.29, 1.82) is 0 Å². The lowest BCUT2D eigenvalue weighted by atomic mass is 9.85. The first-order valence-electron chi connectivity index (χ1n) is 14.7. The lowest BCUT2D eigenvalue weighted by Crippen LogP contribution is -2.37. The van der Waals surface area contributed by atoms with Crippen LogP contribution in [-0.4, -0.2) is 48.4 Å². The maximum absolute atomic E-state index is 13.7. The minimum Gasteiger partial charge on any atom is -0.494 e. The van der Waals surface area contributed by atoms with Crippen LogP contribution in [0.4, 0.5) is 13.2 Å². The number of benzene rings is 2. The van der Waals surface area contributed by atoms with Crippen LogP contribution in [0.5, 0.6) is 5.75 Å². The molecule has 0 aliphatic heterocycles. The Kier molecular flexibility index (Phi) is 11.3.